The highest BCUT2D eigenvalue weighted by molar-refractivity contribution is 7.89. The van der Waals surface area contributed by atoms with E-state index in [1.165, 1.54) is 52.0 Å². The molecule has 0 saturated carbocycles. The minimum Gasteiger partial charge on any atom is -0.399 e. The average Bonchev–Trinajstić information content (AvgIpc) is 3.31. The Bertz CT molecular complexity index is 1230. The van der Waals surface area contributed by atoms with Crippen molar-refractivity contribution in [1.29, 1.82) is 0 Å². The van der Waals surface area contributed by atoms with Crippen molar-refractivity contribution in [2.75, 3.05) is 31.9 Å². The second-order valence-corrected chi connectivity index (χ2v) is 10.3. The molecule has 9 nitrogen and oxygen atoms in total. The van der Waals surface area contributed by atoms with E-state index in [1.807, 2.05) is 4.90 Å². The van der Waals surface area contributed by atoms with Gasteiger partial charge in [-0.1, -0.05) is 6.07 Å². The molecule has 3 aromatic rings. The van der Waals surface area contributed by atoms with Crippen molar-refractivity contribution in [3.8, 4) is 0 Å². The number of nitrogens with two attached hydrogens (primary N) is 1. The van der Waals surface area contributed by atoms with Gasteiger partial charge in [-0.3, -0.25) is 4.90 Å². The predicted octanol–water partition coefficient (Wildman–Crippen LogP) is 1.42. The van der Waals surface area contributed by atoms with E-state index in [0.29, 0.717) is 18.8 Å². The van der Waals surface area contributed by atoms with E-state index >= 15 is 0 Å². The molecule has 1 aromatic heterocycles. The highest BCUT2D eigenvalue weighted by Crippen LogP contribution is 2.33. The molecular weight excluding hydrogens is 466 g/mol. The van der Waals surface area contributed by atoms with Crippen molar-refractivity contribution in [2.45, 2.75) is 30.0 Å². The number of anilines is 1. The Morgan fingerprint density at radius 3 is 2.38 bits per heavy atom. The molecule has 1 saturated heterocycles. The lowest BCUT2D eigenvalue weighted by atomic mass is 9.85. The largest absolute Gasteiger partial charge is 0.399 e. The monoisotopic (exact) mass is 492 g/mol. The molecule has 2 heterocycles. The fourth-order valence-corrected chi connectivity index (χ4v) is 5.69. The van der Waals surface area contributed by atoms with Gasteiger partial charge in [-0.05, 0) is 37.3 Å². The fraction of sp³-hybridized carbons (Fsp3) is 0.364. The van der Waals surface area contributed by atoms with Crippen LogP contribution in [-0.4, -0.2) is 69.7 Å². The van der Waals surface area contributed by atoms with Gasteiger partial charge in [0, 0.05) is 49.5 Å². The van der Waals surface area contributed by atoms with Gasteiger partial charge < -0.3 is 10.8 Å². The Kier molecular flexibility index (Phi) is 6.67. The van der Waals surface area contributed by atoms with Crippen molar-refractivity contribution >= 4 is 15.7 Å². The molecule has 3 N–H and O–H groups in total. The summed E-state index contributed by atoms with van der Waals surface area (Å²) in [5.74, 6) is -1.63. The van der Waals surface area contributed by atoms with Gasteiger partial charge >= 0.3 is 0 Å². The highest BCUT2D eigenvalue weighted by Gasteiger charge is 2.43. The molecule has 0 unspecified atom stereocenters. The van der Waals surface area contributed by atoms with Gasteiger partial charge in [0.2, 0.25) is 10.0 Å². The van der Waals surface area contributed by atoms with Crippen molar-refractivity contribution in [3.63, 3.8) is 0 Å². The van der Waals surface area contributed by atoms with Gasteiger partial charge in [0.15, 0.2) is 0 Å². The van der Waals surface area contributed by atoms with E-state index < -0.39 is 33.3 Å². The highest BCUT2D eigenvalue weighted by atomic mass is 32.2. The first-order valence-corrected chi connectivity index (χ1v) is 12.2. The molecule has 0 bridgehead atoms. The second kappa shape index (κ2) is 9.37. The number of hydrogen-bond acceptors (Lipinski definition) is 7. The third kappa shape index (κ3) is 4.67. The normalized spacial score (nSPS) is 18.5. The number of rotatable bonds is 7. The van der Waals surface area contributed by atoms with Crippen LogP contribution < -0.4 is 5.73 Å². The number of nitrogen functional groups attached to an aromatic ring is 1. The van der Waals surface area contributed by atoms with Crippen LogP contribution in [0.15, 0.2) is 60.0 Å². The molecule has 182 valence electrons. The molecule has 0 amide bonds. The predicted molar refractivity (Wildman–Crippen MR) is 121 cm³/mol. The Hall–Kier alpha value is -2.93. The smallest absolute Gasteiger partial charge is 0.243 e. The van der Waals surface area contributed by atoms with Crippen LogP contribution >= 0.6 is 0 Å². The van der Waals surface area contributed by atoms with Crippen LogP contribution in [0.1, 0.15) is 12.5 Å². The summed E-state index contributed by atoms with van der Waals surface area (Å²) in [6.07, 6.45) is 2.70. The van der Waals surface area contributed by atoms with E-state index in [4.69, 9.17) is 5.73 Å². The molecule has 34 heavy (non-hydrogen) atoms. The minimum atomic E-state index is -3.70. The molecule has 1 aliphatic heterocycles. The molecule has 12 heteroatoms. The molecule has 0 spiro atoms. The SMILES string of the molecule is C[C@@H](N1CCN(S(=O)(=O)c2ccc(N)cc2)CC1)[C@](O)(Cn1cncn1)c1ccc(F)cc1F. The van der Waals surface area contributed by atoms with E-state index in [0.717, 1.165) is 12.1 Å². The van der Waals surface area contributed by atoms with Crippen LogP contribution in [0, 0.1) is 11.6 Å². The van der Waals surface area contributed by atoms with Crippen molar-refractivity contribution in [1.82, 2.24) is 24.0 Å². The summed E-state index contributed by atoms with van der Waals surface area (Å²) in [7, 11) is -3.70. The molecule has 0 radical (unpaired) electrons. The lowest BCUT2D eigenvalue weighted by molar-refractivity contribution is -0.0699. The minimum absolute atomic E-state index is 0.0752. The van der Waals surface area contributed by atoms with Crippen LogP contribution in [0.5, 0.6) is 0 Å². The first kappa shape index (κ1) is 24.2. The van der Waals surface area contributed by atoms with E-state index in [2.05, 4.69) is 10.1 Å². The molecule has 4 rings (SSSR count). The van der Waals surface area contributed by atoms with Crippen molar-refractivity contribution in [2.24, 2.45) is 0 Å². The second-order valence-electron chi connectivity index (χ2n) is 8.33. The summed E-state index contributed by atoms with van der Waals surface area (Å²) in [5.41, 5.74) is 4.27. The van der Waals surface area contributed by atoms with Crippen molar-refractivity contribution < 1.29 is 22.3 Å². The Labute approximate surface area is 196 Å². The number of aromatic nitrogens is 3. The van der Waals surface area contributed by atoms with E-state index in [-0.39, 0.29) is 30.1 Å². The number of sulfonamides is 1. The van der Waals surface area contributed by atoms with Gasteiger partial charge in [-0.15, -0.1) is 0 Å². The molecule has 2 atom stereocenters. The van der Waals surface area contributed by atoms with Crippen LogP contribution in [-0.2, 0) is 22.2 Å². The van der Waals surface area contributed by atoms with Gasteiger partial charge in [-0.2, -0.15) is 9.40 Å². The molecule has 0 aliphatic carbocycles. The van der Waals surface area contributed by atoms with Gasteiger partial charge in [0.25, 0.3) is 0 Å². The Balaban J connectivity index is 1.56. The first-order chi connectivity index (χ1) is 16.1. The number of nitrogens with zero attached hydrogens (tertiary/aromatic N) is 5. The Morgan fingerprint density at radius 2 is 1.79 bits per heavy atom. The third-order valence-corrected chi connectivity index (χ3v) is 8.21. The van der Waals surface area contributed by atoms with Crippen LogP contribution in [0.25, 0.3) is 0 Å². The van der Waals surface area contributed by atoms with E-state index in [9.17, 15) is 22.3 Å². The number of aliphatic hydroxyl groups is 1. The summed E-state index contributed by atoms with van der Waals surface area (Å²) >= 11 is 0. The topological polar surface area (TPSA) is 118 Å². The number of halogens is 2. The maximum absolute atomic E-state index is 14.8. The number of piperazine rings is 1. The quantitative estimate of drug-likeness (QED) is 0.479. The summed E-state index contributed by atoms with van der Waals surface area (Å²) in [4.78, 5) is 5.91. The Morgan fingerprint density at radius 1 is 1.12 bits per heavy atom. The molecule has 1 aliphatic rings. The third-order valence-electron chi connectivity index (χ3n) is 6.30. The van der Waals surface area contributed by atoms with Gasteiger partial charge in [-0.25, -0.2) is 26.9 Å². The first-order valence-electron chi connectivity index (χ1n) is 10.7. The summed E-state index contributed by atoms with van der Waals surface area (Å²) in [5, 5.41) is 15.8. The zero-order valence-electron chi connectivity index (χ0n) is 18.6. The van der Waals surface area contributed by atoms with Gasteiger partial charge in [0.05, 0.1) is 11.4 Å². The zero-order valence-corrected chi connectivity index (χ0v) is 19.4. The standard InChI is InChI=1S/C22H26F2N6O3S/c1-16(22(31,13-29-15-26-14-27-29)20-7-2-17(23)12-21(20)24)28-8-10-30(11-9-28)34(32,33)19-5-3-18(25)4-6-19/h2-7,12,14-16,31H,8-11,13,25H2,1H3/t16-,22-/m1/s1. The zero-order chi connectivity index (χ0) is 24.5. The average molecular weight is 493 g/mol. The van der Waals surface area contributed by atoms with Gasteiger partial charge in [0.1, 0.15) is 29.9 Å². The summed E-state index contributed by atoms with van der Waals surface area (Å²) < 4.78 is 57.1. The molecule has 1 fully saturated rings. The van der Waals surface area contributed by atoms with E-state index in [1.54, 1.807) is 6.92 Å². The number of hydrogen-bond donors (Lipinski definition) is 2. The maximum atomic E-state index is 14.8. The van der Waals surface area contributed by atoms with Crippen LogP contribution in [0.2, 0.25) is 0 Å². The fourth-order valence-electron chi connectivity index (χ4n) is 4.27. The molecular formula is C22H26F2N6O3S. The number of benzene rings is 2. The van der Waals surface area contributed by atoms with Crippen LogP contribution in [0.4, 0.5) is 14.5 Å². The lowest BCUT2D eigenvalue weighted by Gasteiger charge is -2.44. The van der Waals surface area contributed by atoms with Crippen LogP contribution in [0.3, 0.4) is 0 Å². The molecule has 2 aromatic carbocycles. The summed E-state index contributed by atoms with van der Waals surface area (Å²) in [6.45, 7) is 2.57. The van der Waals surface area contributed by atoms with Crippen molar-refractivity contribution in [3.05, 3.63) is 72.3 Å². The lowest BCUT2D eigenvalue weighted by Crippen LogP contribution is -2.58. The maximum Gasteiger partial charge on any atom is 0.243 e. The summed E-state index contributed by atoms with van der Waals surface area (Å²) in [6, 6.07) is 8.39.